The molecule has 0 saturated carbocycles. The van der Waals surface area contributed by atoms with Gasteiger partial charge in [-0.15, -0.1) is 0 Å². The highest BCUT2D eigenvalue weighted by atomic mass is 16.6. The maximum atomic E-state index is 11.9. The molecule has 2 fully saturated rings. The third-order valence-electron chi connectivity index (χ3n) is 5.71. The summed E-state index contributed by atoms with van der Waals surface area (Å²) in [4.78, 5) is 16.3. The van der Waals surface area contributed by atoms with Gasteiger partial charge in [-0.25, -0.2) is 4.79 Å². The van der Waals surface area contributed by atoms with Crippen molar-refractivity contribution in [2.24, 2.45) is 0 Å². The second kappa shape index (κ2) is 9.87. The first kappa shape index (κ1) is 20.6. The fourth-order valence-corrected chi connectivity index (χ4v) is 4.25. The first-order valence-corrected chi connectivity index (χ1v) is 10.3. The van der Waals surface area contributed by atoms with E-state index in [4.69, 9.17) is 14.2 Å². The summed E-state index contributed by atoms with van der Waals surface area (Å²) < 4.78 is 15.9. The number of nitrogens with zero attached hydrogens (tertiary/aromatic N) is 2. The van der Waals surface area contributed by atoms with Crippen LogP contribution in [0.2, 0.25) is 0 Å². The number of anilines is 1. The number of amides is 1. The molecular formula is C21H33N3O4. The van der Waals surface area contributed by atoms with Gasteiger partial charge >= 0.3 is 6.09 Å². The van der Waals surface area contributed by atoms with E-state index in [2.05, 4.69) is 10.2 Å². The maximum absolute atomic E-state index is 11.9. The van der Waals surface area contributed by atoms with Crippen LogP contribution in [0, 0.1) is 0 Å². The Morgan fingerprint density at radius 2 is 1.86 bits per heavy atom. The second-order valence-electron chi connectivity index (χ2n) is 7.47. The highest BCUT2D eigenvalue weighted by Gasteiger charge is 2.30. The lowest BCUT2D eigenvalue weighted by Crippen LogP contribution is -2.51. The van der Waals surface area contributed by atoms with Crippen molar-refractivity contribution in [3.05, 3.63) is 18.2 Å². The van der Waals surface area contributed by atoms with Gasteiger partial charge in [-0.1, -0.05) is 0 Å². The average Bonchev–Trinajstić information content (AvgIpc) is 2.74. The lowest BCUT2D eigenvalue weighted by Gasteiger charge is -2.42. The van der Waals surface area contributed by atoms with Crippen molar-refractivity contribution in [3.8, 4) is 11.5 Å². The average molecular weight is 392 g/mol. The first-order valence-electron chi connectivity index (χ1n) is 10.3. The van der Waals surface area contributed by atoms with Crippen LogP contribution in [0.5, 0.6) is 11.5 Å². The zero-order chi connectivity index (χ0) is 19.9. The molecule has 7 nitrogen and oxygen atoms in total. The third-order valence-corrected chi connectivity index (χ3v) is 5.71. The predicted molar refractivity (Wildman–Crippen MR) is 109 cm³/mol. The molecule has 0 spiro atoms. The molecule has 1 unspecified atom stereocenters. The molecule has 2 aliphatic rings. The number of hydrogen-bond acceptors (Lipinski definition) is 6. The van der Waals surface area contributed by atoms with Crippen LogP contribution in [0.1, 0.15) is 32.6 Å². The second-order valence-corrected chi connectivity index (χ2v) is 7.47. The maximum Gasteiger partial charge on any atom is 0.409 e. The molecule has 1 N–H and O–H groups in total. The Hall–Kier alpha value is -2.15. The van der Waals surface area contributed by atoms with Gasteiger partial charge in [0.2, 0.25) is 0 Å². The number of nitrogens with one attached hydrogen (secondary N) is 1. The van der Waals surface area contributed by atoms with Crippen LogP contribution >= 0.6 is 0 Å². The topological polar surface area (TPSA) is 63.3 Å². The van der Waals surface area contributed by atoms with E-state index >= 15 is 0 Å². The molecule has 7 heteroatoms. The zero-order valence-electron chi connectivity index (χ0n) is 17.3. The summed E-state index contributed by atoms with van der Waals surface area (Å²) in [5.41, 5.74) is 1.06. The summed E-state index contributed by atoms with van der Waals surface area (Å²) in [7, 11) is 3.31. The molecule has 1 atom stereocenters. The predicted octanol–water partition coefficient (Wildman–Crippen LogP) is 3.20. The minimum Gasteiger partial charge on any atom is -0.493 e. The van der Waals surface area contributed by atoms with Crippen LogP contribution in [0.4, 0.5) is 10.5 Å². The van der Waals surface area contributed by atoms with Crippen LogP contribution in [0.25, 0.3) is 0 Å². The van der Waals surface area contributed by atoms with E-state index in [1.165, 1.54) is 6.42 Å². The molecule has 3 rings (SSSR count). The van der Waals surface area contributed by atoms with Crippen LogP contribution in [0.3, 0.4) is 0 Å². The minimum absolute atomic E-state index is 0.174. The summed E-state index contributed by atoms with van der Waals surface area (Å²) in [6.07, 6.45) is 4.20. The molecule has 0 bridgehead atoms. The number of hydrogen-bond donors (Lipinski definition) is 1. The van der Waals surface area contributed by atoms with Gasteiger partial charge in [-0.05, 0) is 51.3 Å². The first-order chi connectivity index (χ1) is 13.6. The molecule has 2 saturated heterocycles. The van der Waals surface area contributed by atoms with Gasteiger partial charge < -0.3 is 24.4 Å². The Morgan fingerprint density at radius 1 is 1.11 bits per heavy atom. The smallest absolute Gasteiger partial charge is 0.409 e. The van der Waals surface area contributed by atoms with Crippen molar-refractivity contribution in [1.29, 1.82) is 0 Å². The van der Waals surface area contributed by atoms with E-state index in [0.29, 0.717) is 18.7 Å². The molecule has 2 heterocycles. The highest BCUT2D eigenvalue weighted by Crippen LogP contribution is 2.31. The molecule has 28 heavy (non-hydrogen) atoms. The normalized spacial score (nSPS) is 21.2. The van der Waals surface area contributed by atoms with E-state index < -0.39 is 0 Å². The third kappa shape index (κ3) is 5.01. The number of likely N-dealkylation sites (tertiary alicyclic amines) is 2. The van der Waals surface area contributed by atoms with Crippen LogP contribution in [0.15, 0.2) is 18.2 Å². The molecule has 1 amide bonds. The van der Waals surface area contributed by atoms with Gasteiger partial charge in [0.15, 0.2) is 11.5 Å². The van der Waals surface area contributed by atoms with E-state index in [9.17, 15) is 4.79 Å². The monoisotopic (exact) mass is 391 g/mol. The fraction of sp³-hybridized carbons (Fsp3) is 0.667. The minimum atomic E-state index is -0.174. The number of methoxy groups -OCH3 is 2. The standard InChI is InChI=1S/C21H33N3O4/c1-4-28-21(25)23-12-9-18(10-13-23)24-11-5-6-17(15-24)22-16-7-8-19(26-2)20(14-16)27-3/h7-8,14,17-18,22H,4-6,9-13,15H2,1-3H3. The van der Waals surface area contributed by atoms with Crippen molar-refractivity contribution in [3.63, 3.8) is 0 Å². The van der Waals surface area contributed by atoms with Gasteiger partial charge in [0.25, 0.3) is 0 Å². The molecule has 1 aromatic carbocycles. The molecule has 156 valence electrons. The number of rotatable bonds is 6. The Morgan fingerprint density at radius 3 is 2.54 bits per heavy atom. The number of piperidine rings is 2. The summed E-state index contributed by atoms with van der Waals surface area (Å²) in [6.45, 7) is 6.02. The van der Waals surface area contributed by atoms with Gasteiger partial charge in [-0.2, -0.15) is 0 Å². The molecule has 0 aromatic heterocycles. The van der Waals surface area contributed by atoms with Gasteiger partial charge in [-0.3, -0.25) is 4.90 Å². The number of ether oxygens (including phenoxy) is 3. The Kier molecular flexibility index (Phi) is 7.25. The van der Waals surface area contributed by atoms with Gasteiger partial charge in [0.05, 0.1) is 20.8 Å². The molecule has 0 aliphatic carbocycles. The largest absolute Gasteiger partial charge is 0.493 e. The van der Waals surface area contributed by atoms with E-state index in [1.807, 2.05) is 30.0 Å². The molecular weight excluding hydrogens is 358 g/mol. The van der Waals surface area contributed by atoms with Crippen molar-refractivity contribution in [2.45, 2.75) is 44.7 Å². The van der Waals surface area contributed by atoms with Crippen molar-refractivity contribution in [1.82, 2.24) is 9.80 Å². The SMILES string of the molecule is CCOC(=O)N1CCC(N2CCCC(Nc3ccc(OC)c(OC)c3)C2)CC1. The van der Waals surface area contributed by atoms with Crippen LogP contribution in [-0.2, 0) is 4.74 Å². The summed E-state index contributed by atoms with van der Waals surface area (Å²) in [6, 6.07) is 6.93. The fourth-order valence-electron chi connectivity index (χ4n) is 4.25. The van der Waals surface area contributed by atoms with Crippen LogP contribution < -0.4 is 14.8 Å². The summed E-state index contributed by atoms with van der Waals surface area (Å²) >= 11 is 0. The highest BCUT2D eigenvalue weighted by molar-refractivity contribution is 5.67. The van der Waals surface area contributed by atoms with E-state index in [0.717, 1.165) is 62.6 Å². The van der Waals surface area contributed by atoms with Crippen LogP contribution in [-0.4, -0.2) is 75.0 Å². The number of benzene rings is 1. The van der Waals surface area contributed by atoms with E-state index in [-0.39, 0.29) is 6.09 Å². The van der Waals surface area contributed by atoms with E-state index in [1.54, 1.807) is 14.2 Å². The Bertz CT molecular complexity index is 647. The zero-order valence-corrected chi connectivity index (χ0v) is 17.3. The van der Waals surface area contributed by atoms with Crippen molar-refractivity contribution < 1.29 is 19.0 Å². The van der Waals surface area contributed by atoms with Gasteiger partial charge in [0.1, 0.15) is 0 Å². The Balaban J connectivity index is 1.53. The van der Waals surface area contributed by atoms with Crippen molar-refractivity contribution >= 4 is 11.8 Å². The lowest BCUT2D eigenvalue weighted by atomic mass is 9.98. The number of carbonyl (C=O) groups excluding carboxylic acids is 1. The Labute approximate surface area is 167 Å². The van der Waals surface area contributed by atoms with Gasteiger partial charge in [0, 0.05) is 43.5 Å². The molecule has 0 radical (unpaired) electrons. The summed E-state index contributed by atoms with van der Waals surface area (Å²) in [5, 5.41) is 3.66. The molecule has 2 aliphatic heterocycles. The quantitative estimate of drug-likeness (QED) is 0.803. The lowest BCUT2D eigenvalue weighted by molar-refractivity contribution is 0.0667. The summed E-state index contributed by atoms with van der Waals surface area (Å²) in [5.74, 6) is 1.48. The molecule has 1 aromatic rings. The number of carbonyl (C=O) groups is 1. The van der Waals surface area contributed by atoms with Crippen molar-refractivity contribution in [2.75, 3.05) is 52.3 Å².